The van der Waals surface area contributed by atoms with Crippen LogP contribution in [-0.2, 0) is 4.79 Å². The van der Waals surface area contributed by atoms with Crippen LogP contribution in [0.3, 0.4) is 0 Å². The van der Waals surface area contributed by atoms with Gasteiger partial charge in [-0.1, -0.05) is 6.92 Å². The number of primary amides is 1. The zero-order chi connectivity index (χ0) is 14.3. The lowest BCUT2D eigenvalue weighted by atomic mass is 10.1. The summed E-state index contributed by atoms with van der Waals surface area (Å²) in [6, 6.07) is 6.98. The Morgan fingerprint density at radius 3 is 2.42 bits per heavy atom. The molecular formula is C14H21N3O2. The Labute approximate surface area is 113 Å². The highest BCUT2D eigenvalue weighted by Gasteiger charge is 2.11. The first kappa shape index (κ1) is 15.0. The molecule has 1 unspecified atom stereocenters. The normalized spacial score (nSPS) is 11.7. The standard InChI is InChI=1S/C14H21N3O2/c1-3-8-16-12-6-4-11(5-7-12)14(19)17-10(2)9-13(15)18/h4-7,10,16H,3,8-9H2,1-2H3,(H2,15,18)(H,17,19). The molecule has 19 heavy (non-hydrogen) atoms. The molecule has 1 aromatic carbocycles. The first-order chi connectivity index (χ1) is 9.02. The van der Waals surface area contributed by atoms with Crippen molar-refractivity contribution < 1.29 is 9.59 Å². The van der Waals surface area contributed by atoms with Crippen LogP contribution >= 0.6 is 0 Å². The van der Waals surface area contributed by atoms with Gasteiger partial charge in [-0.3, -0.25) is 9.59 Å². The van der Waals surface area contributed by atoms with Gasteiger partial charge in [0.05, 0.1) is 0 Å². The van der Waals surface area contributed by atoms with Crippen LogP contribution in [0.2, 0.25) is 0 Å². The molecule has 1 aromatic rings. The van der Waals surface area contributed by atoms with Crippen molar-refractivity contribution in [1.29, 1.82) is 0 Å². The summed E-state index contributed by atoms with van der Waals surface area (Å²) in [5.74, 6) is -0.622. The van der Waals surface area contributed by atoms with Gasteiger partial charge in [-0.05, 0) is 37.6 Å². The van der Waals surface area contributed by atoms with E-state index in [4.69, 9.17) is 5.73 Å². The third-order valence-corrected chi connectivity index (χ3v) is 2.61. The average molecular weight is 263 g/mol. The summed E-state index contributed by atoms with van der Waals surface area (Å²) in [6.07, 6.45) is 1.19. The van der Waals surface area contributed by atoms with Gasteiger partial charge in [0.25, 0.3) is 5.91 Å². The van der Waals surface area contributed by atoms with E-state index in [2.05, 4.69) is 17.6 Å². The lowest BCUT2D eigenvalue weighted by Gasteiger charge is -2.12. The predicted octanol–water partition coefficient (Wildman–Crippen LogP) is 1.50. The van der Waals surface area contributed by atoms with Crippen molar-refractivity contribution >= 4 is 17.5 Å². The number of hydrogen-bond acceptors (Lipinski definition) is 3. The second-order valence-corrected chi connectivity index (χ2v) is 4.55. The van der Waals surface area contributed by atoms with Crippen molar-refractivity contribution in [3.05, 3.63) is 29.8 Å². The molecule has 0 heterocycles. The smallest absolute Gasteiger partial charge is 0.251 e. The maximum Gasteiger partial charge on any atom is 0.251 e. The fourth-order valence-corrected chi connectivity index (χ4v) is 1.67. The molecule has 2 amide bonds. The molecule has 0 aromatic heterocycles. The monoisotopic (exact) mass is 263 g/mol. The number of carbonyl (C=O) groups excluding carboxylic acids is 2. The van der Waals surface area contributed by atoms with Crippen molar-refractivity contribution in [2.24, 2.45) is 5.73 Å². The van der Waals surface area contributed by atoms with E-state index >= 15 is 0 Å². The van der Waals surface area contributed by atoms with Crippen LogP contribution in [0.1, 0.15) is 37.0 Å². The third kappa shape index (κ3) is 5.42. The minimum Gasteiger partial charge on any atom is -0.385 e. The first-order valence-electron chi connectivity index (χ1n) is 6.46. The van der Waals surface area contributed by atoms with Crippen LogP contribution in [0.25, 0.3) is 0 Å². The van der Waals surface area contributed by atoms with E-state index in [0.717, 1.165) is 18.7 Å². The number of nitrogens with two attached hydrogens (primary N) is 1. The van der Waals surface area contributed by atoms with Gasteiger partial charge in [0.1, 0.15) is 0 Å². The minimum absolute atomic E-state index is 0.141. The maximum atomic E-state index is 11.9. The number of benzene rings is 1. The molecule has 1 rings (SSSR count). The SMILES string of the molecule is CCCNc1ccc(C(=O)NC(C)CC(N)=O)cc1. The molecule has 0 bridgehead atoms. The van der Waals surface area contributed by atoms with Gasteiger partial charge in [0, 0.05) is 30.3 Å². The molecule has 0 spiro atoms. The lowest BCUT2D eigenvalue weighted by Crippen LogP contribution is -2.35. The largest absolute Gasteiger partial charge is 0.385 e. The van der Waals surface area contributed by atoms with E-state index in [1.165, 1.54) is 0 Å². The Kier molecular flexibility index (Phi) is 5.85. The first-order valence-corrected chi connectivity index (χ1v) is 6.46. The summed E-state index contributed by atoms with van der Waals surface area (Å²) in [6.45, 7) is 4.75. The fraction of sp³-hybridized carbons (Fsp3) is 0.429. The topological polar surface area (TPSA) is 84.2 Å². The summed E-state index contributed by atoms with van der Waals surface area (Å²) in [5.41, 5.74) is 6.63. The van der Waals surface area contributed by atoms with Gasteiger partial charge < -0.3 is 16.4 Å². The van der Waals surface area contributed by atoms with Gasteiger partial charge >= 0.3 is 0 Å². The lowest BCUT2D eigenvalue weighted by molar-refractivity contribution is -0.118. The summed E-state index contributed by atoms with van der Waals surface area (Å²) < 4.78 is 0. The van der Waals surface area contributed by atoms with Crippen molar-refractivity contribution in [2.75, 3.05) is 11.9 Å². The third-order valence-electron chi connectivity index (χ3n) is 2.61. The average Bonchev–Trinajstić information content (AvgIpc) is 2.35. The zero-order valence-electron chi connectivity index (χ0n) is 11.4. The van der Waals surface area contributed by atoms with Crippen molar-refractivity contribution in [1.82, 2.24) is 5.32 Å². The van der Waals surface area contributed by atoms with Gasteiger partial charge in [0.2, 0.25) is 5.91 Å². The Hall–Kier alpha value is -2.04. The van der Waals surface area contributed by atoms with Crippen LogP contribution in [0.15, 0.2) is 24.3 Å². The molecule has 104 valence electrons. The van der Waals surface area contributed by atoms with E-state index < -0.39 is 5.91 Å². The summed E-state index contributed by atoms with van der Waals surface area (Å²) in [5, 5.41) is 5.96. The van der Waals surface area contributed by atoms with E-state index in [1.807, 2.05) is 12.1 Å². The van der Waals surface area contributed by atoms with Gasteiger partial charge in [-0.25, -0.2) is 0 Å². The second kappa shape index (κ2) is 7.41. The maximum absolute atomic E-state index is 11.9. The quantitative estimate of drug-likeness (QED) is 0.697. The number of hydrogen-bond donors (Lipinski definition) is 3. The summed E-state index contributed by atoms with van der Waals surface area (Å²) >= 11 is 0. The zero-order valence-corrected chi connectivity index (χ0v) is 11.4. The number of amides is 2. The molecule has 0 saturated heterocycles. The van der Waals surface area contributed by atoms with Crippen LogP contribution < -0.4 is 16.4 Å². The fourth-order valence-electron chi connectivity index (χ4n) is 1.67. The molecule has 4 N–H and O–H groups in total. The van der Waals surface area contributed by atoms with Crippen molar-refractivity contribution in [3.8, 4) is 0 Å². The Morgan fingerprint density at radius 1 is 1.26 bits per heavy atom. The number of carbonyl (C=O) groups is 2. The molecule has 1 atom stereocenters. The van der Waals surface area contributed by atoms with E-state index in [1.54, 1.807) is 19.1 Å². The van der Waals surface area contributed by atoms with Crippen molar-refractivity contribution in [2.45, 2.75) is 32.7 Å². The molecule has 0 fully saturated rings. The molecule has 0 aliphatic rings. The molecule has 0 aliphatic carbocycles. The van der Waals surface area contributed by atoms with E-state index in [9.17, 15) is 9.59 Å². The Morgan fingerprint density at radius 2 is 1.89 bits per heavy atom. The molecule has 0 saturated carbocycles. The van der Waals surface area contributed by atoms with E-state index in [0.29, 0.717) is 5.56 Å². The Balaban J connectivity index is 2.55. The molecule has 5 heteroatoms. The van der Waals surface area contributed by atoms with Crippen LogP contribution in [0, 0.1) is 0 Å². The highest BCUT2D eigenvalue weighted by atomic mass is 16.2. The molecule has 5 nitrogen and oxygen atoms in total. The van der Waals surface area contributed by atoms with Crippen LogP contribution in [0.5, 0.6) is 0 Å². The number of rotatable bonds is 7. The number of nitrogens with one attached hydrogen (secondary N) is 2. The Bertz CT molecular complexity index is 429. The van der Waals surface area contributed by atoms with Crippen LogP contribution in [-0.4, -0.2) is 24.4 Å². The summed E-state index contributed by atoms with van der Waals surface area (Å²) in [4.78, 5) is 22.6. The van der Waals surface area contributed by atoms with Crippen LogP contribution in [0.4, 0.5) is 5.69 Å². The molecule has 0 aliphatic heterocycles. The van der Waals surface area contributed by atoms with Gasteiger partial charge in [-0.2, -0.15) is 0 Å². The predicted molar refractivity (Wildman–Crippen MR) is 76.0 cm³/mol. The minimum atomic E-state index is -0.424. The van der Waals surface area contributed by atoms with Gasteiger partial charge in [-0.15, -0.1) is 0 Å². The van der Waals surface area contributed by atoms with Crippen molar-refractivity contribution in [3.63, 3.8) is 0 Å². The van der Waals surface area contributed by atoms with Gasteiger partial charge in [0.15, 0.2) is 0 Å². The highest BCUT2D eigenvalue weighted by Crippen LogP contribution is 2.09. The molecule has 0 radical (unpaired) electrons. The second-order valence-electron chi connectivity index (χ2n) is 4.55. The number of anilines is 1. The highest BCUT2D eigenvalue weighted by molar-refractivity contribution is 5.95. The summed E-state index contributed by atoms with van der Waals surface area (Å²) in [7, 11) is 0. The molecular weight excluding hydrogens is 242 g/mol. The van der Waals surface area contributed by atoms with E-state index in [-0.39, 0.29) is 18.4 Å².